The minimum Gasteiger partial charge on any atom is -0.317 e. The van der Waals surface area contributed by atoms with Gasteiger partial charge in [0.05, 0.1) is 0 Å². The zero-order valence-corrected chi connectivity index (χ0v) is 11.9. The summed E-state index contributed by atoms with van der Waals surface area (Å²) in [7, 11) is 2.09. The molecule has 1 heterocycles. The molecular formula is C16H26N2. The van der Waals surface area contributed by atoms with Crippen LogP contribution in [-0.2, 0) is 0 Å². The van der Waals surface area contributed by atoms with Crippen molar-refractivity contribution in [2.75, 3.05) is 20.1 Å². The van der Waals surface area contributed by atoms with Crippen LogP contribution in [0.1, 0.15) is 49.8 Å². The number of nitrogens with one attached hydrogen (secondary N) is 2. The maximum atomic E-state index is 3.51. The van der Waals surface area contributed by atoms with Crippen molar-refractivity contribution in [2.24, 2.45) is 5.92 Å². The minimum absolute atomic E-state index is 0.508. The van der Waals surface area contributed by atoms with Crippen molar-refractivity contribution in [3.05, 3.63) is 35.4 Å². The van der Waals surface area contributed by atoms with E-state index in [0.29, 0.717) is 12.0 Å². The van der Waals surface area contributed by atoms with Crippen molar-refractivity contribution >= 4 is 0 Å². The summed E-state index contributed by atoms with van der Waals surface area (Å²) in [6, 6.07) is 9.68. The third-order valence-corrected chi connectivity index (χ3v) is 4.13. The standard InChI is InChI=1S/C16H26N2/c1-12(2)13-4-6-14(7-5-13)16(17-3)15-8-10-18-11-9-15/h4-7,12,15-18H,8-11H2,1-3H3. The summed E-state index contributed by atoms with van der Waals surface area (Å²) in [5, 5.41) is 6.95. The second-order valence-corrected chi connectivity index (χ2v) is 5.68. The van der Waals surface area contributed by atoms with Crippen LogP contribution >= 0.6 is 0 Å². The quantitative estimate of drug-likeness (QED) is 0.853. The Morgan fingerprint density at radius 2 is 1.61 bits per heavy atom. The van der Waals surface area contributed by atoms with Crippen LogP contribution in [0.2, 0.25) is 0 Å². The van der Waals surface area contributed by atoms with Gasteiger partial charge in [0, 0.05) is 6.04 Å². The van der Waals surface area contributed by atoms with Gasteiger partial charge >= 0.3 is 0 Å². The third-order valence-electron chi connectivity index (χ3n) is 4.13. The second kappa shape index (κ2) is 6.35. The number of rotatable bonds is 4. The Labute approximate surface area is 111 Å². The summed E-state index contributed by atoms with van der Waals surface area (Å²) in [4.78, 5) is 0. The molecule has 0 bridgehead atoms. The van der Waals surface area contributed by atoms with Gasteiger partial charge in [-0.15, -0.1) is 0 Å². The van der Waals surface area contributed by atoms with Gasteiger partial charge in [0.15, 0.2) is 0 Å². The van der Waals surface area contributed by atoms with Gasteiger partial charge in [-0.25, -0.2) is 0 Å². The van der Waals surface area contributed by atoms with Crippen LogP contribution in [0.4, 0.5) is 0 Å². The molecule has 0 saturated carbocycles. The van der Waals surface area contributed by atoms with E-state index in [9.17, 15) is 0 Å². The Hall–Kier alpha value is -0.860. The Morgan fingerprint density at radius 3 is 2.11 bits per heavy atom. The molecule has 1 aromatic rings. The molecule has 18 heavy (non-hydrogen) atoms. The number of hydrogen-bond acceptors (Lipinski definition) is 2. The molecule has 1 aliphatic rings. The topological polar surface area (TPSA) is 24.1 Å². The van der Waals surface area contributed by atoms with Gasteiger partial charge in [0.1, 0.15) is 0 Å². The largest absolute Gasteiger partial charge is 0.317 e. The highest BCUT2D eigenvalue weighted by Crippen LogP contribution is 2.29. The van der Waals surface area contributed by atoms with Gasteiger partial charge in [0.2, 0.25) is 0 Å². The van der Waals surface area contributed by atoms with Gasteiger partial charge in [-0.05, 0) is 55.9 Å². The molecule has 1 atom stereocenters. The molecule has 0 spiro atoms. The summed E-state index contributed by atoms with van der Waals surface area (Å²) in [6.07, 6.45) is 2.55. The second-order valence-electron chi connectivity index (χ2n) is 5.68. The smallest absolute Gasteiger partial charge is 0.0347 e. The zero-order valence-electron chi connectivity index (χ0n) is 11.9. The van der Waals surface area contributed by atoms with E-state index in [1.807, 2.05) is 0 Å². The molecule has 2 heteroatoms. The van der Waals surface area contributed by atoms with Crippen molar-refractivity contribution in [1.82, 2.24) is 10.6 Å². The molecule has 0 radical (unpaired) electrons. The highest BCUT2D eigenvalue weighted by Gasteiger charge is 2.23. The fourth-order valence-corrected chi connectivity index (χ4v) is 2.94. The van der Waals surface area contributed by atoms with E-state index < -0.39 is 0 Å². The minimum atomic E-state index is 0.508. The van der Waals surface area contributed by atoms with Crippen LogP contribution in [-0.4, -0.2) is 20.1 Å². The van der Waals surface area contributed by atoms with Gasteiger partial charge in [-0.2, -0.15) is 0 Å². The molecule has 1 aromatic carbocycles. The van der Waals surface area contributed by atoms with Crippen LogP contribution in [0.5, 0.6) is 0 Å². The number of piperidine rings is 1. The first-order valence-electron chi connectivity index (χ1n) is 7.20. The van der Waals surface area contributed by atoms with Crippen LogP contribution in [0, 0.1) is 5.92 Å². The molecule has 1 aliphatic heterocycles. The summed E-state index contributed by atoms with van der Waals surface area (Å²) < 4.78 is 0. The summed E-state index contributed by atoms with van der Waals surface area (Å²) in [5.41, 5.74) is 2.87. The molecule has 2 rings (SSSR count). The van der Waals surface area contributed by atoms with Crippen LogP contribution < -0.4 is 10.6 Å². The van der Waals surface area contributed by atoms with E-state index in [1.165, 1.54) is 24.0 Å². The SMILES string of the molecule is CNC(c1ccc(C(C)C)cc1)C1CCNCC1. The Bertz CT molecular complexity index is 350. The molecule has 0 aromatic heterocycles. The Morgan fingerprint density at radius 1 is 1.06 bits per heavy atom. The van der Waals surface area contributed by atoms with Crippen molar-refractivity contribution in [2.45, 2.75) is 38.6 Å². The van der Waals surface area contributed by atoms with Crippen molar-refractivity contribution in [3.63, 3.8) is 0 Å². The summed E-state index contributed by atoms with van der Waals surface area (Å²) >= 11 is 0. The first kappa shape index (κ1) is 13.6. The molecular weight excluding hydrogens is 220 g/mol. The average molecular weight is 246 g/mol. The predicted molar refractivity (Wildman–Crippen MR) is 77.9 cm³/mol. The van der Waals surface area contributed by atoms with E-state index in [0.717, 1.165) is 19.0 Å². The first-order chi connectivity index (χ1) is 8.72. The lowest BCUT2D eigenvalue weighted by Gasteiger charge is -2.31. The molecule has 100 valence electrons. The highest BCUT2D eigenvalue weighted by molar-refractivity contribution is 5.27. The van der Waals surface area contributed by atoms with Gasteiger partial charge in [0.25, 0.3) is 0 Å². The van der Waals surface area contributed by atoms with Crippen molar-refractivity contribution in [3.8, 4) is 0 Å². The fraction of sp³-hybridized carbons (Fsp3) is 0.625. The fourth-order valence-electron chi connectivity index (χ4n) is 2.94. The van der Waals surface area contributed by atoms with Crippen LogP contribution in [0.3, 0.4) is 0 Å². The first-order valence-corrected chi connectivity index (χ1v) is 7.20. The molecule has 2 nitrogen and oxygen atoms in total. The highest BCUT2D eigenvalue weighted by atomic mass is 14.9. The van der Waals surface area contributed by atoms with E-state index in [1.54, 1.807) is 0 Å². The molecule has 0 aliphatic carbocycles. The van der Waals surface area contributed by atoms with E-state index in [4.69, 9.17) is 0 Å². The maximum absolute atomic E-state index is 3.51. The summed E-state index contributed by atoms with van der Waals surface area (Å²) in [6.45, 7) is 6.81. The zero-order chi connectivity index (χ0) is 13.0. The molecule has 1 fully saturated rings. The van der Waals surface area contributed by atoms with Crippen LogP contribution in [0.15, 0.2) is 24.3 Å². The molecule has 2 N–H and O–H groups in total. The Balaban J connectivity index is 2.11. The lowest BCUT2D eigenvalue weighted by molar-refractivity contribution is 0.294. The van der Waals surface area contributed by atoms with E-state index in [-0.39, 0.29) is 0 Å². The van der Waals surface area contributed by atoms with Gasteiger partial charge in [-0.1, -0.05) is 38.1 Å². The molecule has 1 saturated heterocycles. The number of hydrogen-bond donors (Lipinski definition) is 2. The third kappa shape index (κ3) is 3.12. The normalized spacial score (nSPS) is 19.1. The van der Waals surface area contributed by atoms with E-state index >= 15 is 0 Å². The average Bonchev–Trinajstić information content (AvgIpc) is 2.41. The van der Waals surface area contributed by atoms with Gasteiger partial charge < -0.3 is 10.6 Å². The maximum Gasteiger partial charge on any atom is 0.0347 e. The Kier molecular flexibility index (Phi) is 4.79. The molecule has 0 amide bonds. The lowest BCUT2D eigenvalue weighted by atomic mass is 9.85. The van der Waals surface area contributed by atoms with Crippen molar-refractivity contribution in [1.29, 1.82) is 0 Å². The van der Waals surface area contributed by atoms with Gasteiger partial charge in [-0.3, -0.25) is 0 Å². The van der Waals surface area contributed by atoms with E-state index in [2.05, 4.69) is 55.8 Å². The molecule has 1 unspecified atom stereocenters. The van der Waals surface area contributed by atoms with Crippen molar-refractivity contribution < 1.29 is 0 Å². The predicted octanol–water partition coefficient (Wildman–Crippen LogP) is 3.07. The number of benzene rings is 1. The van der Waals surface area contributed by atoms with Crippen LogP contribution in [0.25, 0.3) is 0 Å². The lowest BCUT2D eigenvalue weighted by Crippen LogP contribution is -2.35. The summed E-state index contributed by atoms with van der Waals surface area (Å²) in [5.74, 6) is 1.38. The monoisotopic (exact) mass is 246 g/mol.